The van der Waals surface area contributed by atoms with Gasteiger partial charge in [0.2, 0.25) is 12.7 Å². The van der Waals surface area contributed by atoms with E-state index < -0.39 is 0 Å². The molecule has 0 fully saturated rings. The van der Waals surface area contributed by atoms with Crippen molar-refractivity contribution in [1.29, 1.82) is 0 Å². The lowest BCUT2D eigenvalue weighted by molar-refractivity contribution is 0.0788. The van der Waals surface area contributed by atoms with Crippen molar-refractivity contribution in [3.8, 4) is 11.5 Å². The van der Waals surface area contributed by atoms with Gasteiger partial charge in [-0.05, 0) is 29.3 Å². The summed E-state index contributed by atoms with van der Waals surface area (Å²) in [6.07, 6.45) is 5.96. The van der Waals surface area contributed by atoms with Crippen LogP contribution in [0, 0.1) is 0 Å². The van der Waals surface area contributed by atoms with E-state index in [2.05, 4.69) is 55.5 Å². The quantitative estimate of drug-likeness (QED) is 0.211. The number of carbonyl (C=O) groups is 1. The summed E-state index contributed by atoms with van der Waals surface area (Å²) in [5, 5.41) is 8.04. The van der Waals surface area contributed by atoms with Gasteiger partial charge in [0.1, 0.15) is 5.69 Å². The Bertz CT molecular complexity index is 1910. The number of aryl methyl sites for hydroxylation is 1. The van der Waals surface area contributed by atoms with E-state index in [-0.39, 0.29) is 18.1 Å². The summed E-state index contributed by atoms with van der Waals surface area (Å²) in [4.78, 5) is 31.5. The number of nitrogens with zero attached hydrogens (tertiary/aromatic N) is 8. The van der Waals surface area contributed by atoms with Crippen LogP contribution in [0.1, 0.15) is 48.1 Å². The first kappa shape index (κ1) is 31.6. The fraction of sp³-hybridized carbons (Fsp3) is 0.343. The van der Waals surface area contributed by atoms with Crippen molar-refractivity contribution >= 4 is 34.9 Å². The number of anilines is 2. The molecule has 244 valence electrons. The molecule has 0 bridgehead atoms. The van der Waals surface area contributed by atoms with E-state index in [1.165, 1.54) is 0 Å². The average molecular weight is 636 g/mol. The number of benzene rings is 2. The largest absolute Gasteiger partial charge is 0.454 e. The maximum atomic E-state index is 13.4. The first-order valence-corrected chi connectivity index (χ1v) is 15.6. The molecule has 0 unspecified atom stereocenters. The Morgan fingerprint density at radius 3 is 2.57 bits per heavy atom. The zero-order chi connectivity index (χ0) is 33.1. The van der Waals surface area contributed by atoms with Crippen LogP contribution < -0.4 is 19.7 Å². The molecule has 1 N–H and O–H groups in total. The van der Waals surface area contributed by atoms with Crippen molar-refractivity contribution < 1.29 is 14.3 Å². The summed E-state index contributed by atoms with van der Waals surface area (Å²) in [6.45, 7) is 8.56. The van der Waals surface area contributed by atoms with Crippen LogP contribution in [0.2, 0.25) is 0 Å². The van der Waals surface area contributed by atoms with Gasteiger partial charge in [-0.25, -0.2) is 4.98 Å². The molecule has 0 saturated heterocycles. The van der Waals surface area contributed by atoms with E-state index in [0.717, 1.165) is 28.3 Å². The van der Waals surface area contributed by atoms with Gasteiger partial charge >= 0.3 is 0 Å². The van der Waals surface area contributed by atoms with Crippen LogP contribution in [0.3, 0.4) is 0 Å². The third-order valence-corrected chi connectivity index (χ3v) is 8.09. The van der Waals surface area contributed by atoms with Crippen LogP contribution in [-0.2, 0) is 25.6 Å². The molecule has 6 rings (SSSR count). The molecule has 5 aromatic rings. The molecule has 4 heterocycles. The van der Waals surface area contributed by atoms with Crippen molar-refractivity contribution in [2.24, 2.45) is 7.05 Å². The molecule has 1 amide bonds. The normalized spacial score (nSPS) is 12.6. The molecule has 12 nitrogen and oxygen atoms in total. The molecular formula is C35H41N9O3. The summed E-state index contributed by atoms with van der Waals surface area (Å²) in [6, 6.07) is 17.9. The molecule has 0 aliphatic carbocycles. The number of aromatic nitrogens is 6. The first-order chi connectivity index (χ1) is 22.6. The van der Waals surface area contributed by atoms with E-state index in [1.54, 1.807) is 23.0 Å². The van der Waals surface area contributed by atoms with Gasteiger partial charge in [-0.15, -0.1) is 0 Å². The topological polar surface area (TPSA) is 115 Å². The Morgan fingerprint density at radius 2 is 1.81 bits per heavy atom. The fourth-order valence-electron chi connectivity index (χ4n) is 5.19. The van der Waals surface area contributed by atoms with E-state index >= 15 is 0 Å². The van der Waals surface area contributed by atoms with Gasteiger partial charge < -0.3 is 29.2 Å². The van der Waals surface area contributed by atoms with Crippen LogP contribution in [0.4, 0.5) is 11.8 Å². The van der Waals surface area contributed by atoms with Crippen molar-refractivity contribution in [3.63, 3.8) is 0 Å². The number of allylic oxidation sites excluding steroid dienone is 1. The summed E-state index contributed by atoms with van der Waals surface area (Å²) < 4.78 is 14.7. The number of fused-ring (bicyclic) bond motifs is 2. The SMILES string of the molecule is CN(CCN(C)c1nc(NCc2ccc3c(c2)OCO3)c2ncn(CC=Cc3ccccc3)c2n1)C(=O)c1cc(C(C)(C)C)nn1C. The minimum absolute atomic E-state index is 0.0883. The van der Waals surface area contributed by atoms with Crippen molar-refractivity contribution in [3.05, 3.63) is 89.5 Å². The Kier molecular flexibility index (Phi) is 8.84. The van der Waals surface area contributed by atoms with E-state index in [0.29, 0.717) is 54.8 Å². The predicted octanol–water partition coefficient (Wildman–Crippen LogP) is 5.12. The van der Waals surface area contributed by atoms with E-state index in [1.807, 2.05) is 66.0 Å². The molecule has 0 atom stereocenters. The molecular weight excluding hydrogens is 594 g/mol. The molecule has 12 heteroatoms. The highest BCUT2D eigenvalue weighted by Crippen LogP contribution is 2.33. The third kappa shape index (κ3) is 7.06. The monoisotopic (exact) mass is 635 g/mol. The predicted molar refractivity (Wildman–Crippen MR) is 183 cm³/mol. The van der Waals surface area contributed by atoms with Crippen LogP contribution in [0.5, 0.6) is 11.5 Å². The van der Waals surface area contributed by atoms with Gasteiger partial charge in [-0.3, -0.25) is 9.48 Å². The maximum absolute atomic E-state index is 13.4. The number of imidazole rings is 1. The van der Waals surface area contributed by atoms with Crippen LogP contribution in [0.15, 0.2) is 67.0 Å². The molecule has 47 heavy (non-hydrogen) atoms. The second-order valence-electron chi connectivity index (χ2n) is 12.7. The minimum atomic E-state index is -0.149. The number of hydrogen-bond donors (Lipinski definition) is 1. The van der Waals surface area contributed by atoms with Gasteiger partial charge in [0, 0.05) is 52.7 Å². The van der Waals surface area contributed by atoms with Gasteiger partial charge in [-0.1, -0.05) is 69.3 Å². The molecule has 2 aromatic carbocycles. The molecule has 1 aliphatic rings. The van der Waals surface area contributed by atoms with E-state index in [4.69, 9.17) is 24.4 Å². The second-order valence-corrected chi connectivity index (χ2v) is 12.7. The summed E-state index contributed by atoms with van der Waals surface area (Å²) in [5.74, 6) is 2.53. The molecule has 1 aliphatic heterocycles. The Labute approximate surface area is 274 Å². The number of ether oxygens (including phenoxy) is 2. The number of rotatable bonds is 11. The number of likely N-dealkylation sites (N-methyl/N-ethyl adjacent to an activating group) is 2. The second kappa shape index (κ2) is 13.1. The average Bonchev–Trinajstić information content (AvgIpc) is 3.80. The smallest absolute Gasteiger partial charge is 0.271 e. The van der Waals surface area contributed by atoms with Crippen LogP contribution in [-0.4, -0.2) is 74.1 Å². The lowest BCUT2D eigenvalue weighted by Crippen LogP contribution is -2.36. The highest BCUT2D eigenvalue weighted by atomic mass is 16.7. The lowest BCUT2D eigenvalue weighted by atomic mass is 9.92. The highest BCUT2D eigenvalue weighted by molar-refractivity contribution is 5.92. The van der Waals surface area contributed by atoms with Crippen LogP contribution in [0.25, 0.3) is 17.2 Å². The summed E-state index contributed by atoms with van der Waals surface area (Å²) in [5.41, 5.74) is 4.81. The number of hydrogen-bond acceptors (Lipinski definition) is 9. The van der Waals surface area contributed by atoms with E-state index in [9.17, 15) is 4.79 Å². The van der Waals surface area contributed by atoms with Crippen molar-refractivity contribution in [1.82, 2.24) is 34.2 Å². The number of amides is 1. The maximum Gasteiger partial charge on any atom is 0.271 e. The minimum Gasteiger partial charge on any atom is -0.454 e. The Hall–Kier alpha value is -5.39. The third-order valence-electron chi connectivity index (χ3n) is 8.09. The fourth-order valence-corrected chi connectivity index (χ4v) is 5.19. The summed E-state index contributed by atoms with van der Waals surface area (Å²) in [7, 11) is 5.54. The lowest BCUT2D eigenvalue weighted by Gasteiger charge is -2.23. The highest BCUT2D eigenvalue weighted by Gasteiger charge is 2.24. The Balaban J connectivity index is 1.22. The Morgan fingerprint density at radius 1 is 1.02 bits per heavy atom. The number of nitrogens with one attached hydrogen (secondary N) is 1. The molecule has 0 spiro atoms. The van der Waals surface area contributed by atoms with Crippen LogP contribution >= 0.6 is 0 Å². The van der Waals surface area contributed by atoms with Crippen molar-refractivity contribution in [2.75, 3.05) is 44.2 Å². The standard InChI is InChI=1S/C35H41N9O3/c1-35(2,3)29-20-26(43(6)40-29)33(45)41(4)17-18-42(5)34-38-31(36-21-25-14-15-27-28(19-25)47-23-46-27)30-32(39-34)44(22-37-30)16-10-13-24-11-8-7-9-12-24/h7-15,19-20,22H,16-18,21,23H2,1-6H3,(H,36,38,39). The zero-order valence-corrected chi connectivity index (χ0v) is 27.8. The zero-order valence-electron chi connectivity index (χ0n) is 27.8. The number of carbonyl (C=O) groups excluding carboxylic acids is 1. The van der Waals surface area contributed by atoms with Crippen molar-refractivity contribution in [2.45, 2.75) is 39.3 Å². The van der Waals surface area contributed by atoms with Gasteiger partial charge in [0.05, 0.1) is 12.0 Å². The molecule has 3 aromatic heterocycles. The molecule has 0 radical (unpaired) electrons. The van der Waals surface area contributed by atoms with Gasteiger partial charge in [0.25, 0.3) is 5.91 Å². The first-order valence-electron chi connectivity index (χ1n) is 15.6. The van der Waals surface area contributed by atoms with Gasteiger partial charge in [0.15, 0.2) is 28.5 Å². The summed E-state index contributed by atoms with van der Waals surface area (Å²) >= 11 is 0. The van der Waals surface area contributed by atoms with Gasteiger partial charge in [-0.2, -0.15) is 15.1 Å². The molecule has 0 saturated carbocycles.